The normalized spacial score (nSPS) is 10.2. The molecule has 0 bridgehead atoms. The van der Waals surface area contributed by atoms with Gasteiger partial charge in [0.1, 0.15) is 11.5 Å². The van der Waals surface area contributed by atoms with E-state index >= 15 is 0 Å². The van der Waals surface area contributed by atoms with Crippen molar-refractivity contribution in [1.29, 1.82) is 0 Å². The number of carbonyl (C=O) groups is 1. The number of methoxy groups -OCH3 is 2. The van der Waals surface area contributed by atoms with Gasteiger partial charge >= 0.3 is 0 Å². The zero-order valence-corrected chi connectivity index (χ0v) is 15.1. The average molecular weight is 342 g/mol. The molecule has 0 heterocycles. The van der Waals surface area contributed by atoms with Gasteiger partial charge in [-0.2, -0.15) is 0 Å². The molecule has 0 unspecified atom stereocenters. The highest BCUT2D eigenvalue weighted by Gasteiger charge is 2.08. The number of benzene rings is 2. The lowest BCUT2D eigenvalue weighted by molar-refractivity contribution is -0.116. The van der Waals surface area contributed by atoms with Crippen molar-refractivity contribution < 1.29 is 14.3 Å². The number of anilines is 2. The molecule has 0 atom stereocenters. The quantitative estimate of drug-likeness (QED) is 0.707. The van der Waals surface area contributed by atoms with Crippen LogP contribution in [0.25, 0.3) is 0 Å². The SMILES string of the molecule is CCCCC(=O)Nc1ccc(NCc2cccc(OC)c2)cc1OC. The third-order valence-corrected chi connectivity index (χ3v) is 3.86. The second-order valence-electron chi connectivity index (χ2n) is 5.77. The molecule has 0 spiro atoms. The topological polar surface area (TPSA) is 59.6 Å². The molecule has 0 radical (unpaired) electrons. The smallest absolute Gasteiger partial charge is 0.224 e. The molecule has 5 nitrogen and oxygen atoms in total. The predicted octanol–water partition coefficient (Wildman–Crippen LogP) is 4.44. The van der Waals surface area contributed by atoms with Gasteiger partial charge in [0.2, 0.25) is 5.91 Å². The number of rotatable bonds is 9. The summed E-state index contributed by atoms with van der Waals surface area (Å²) >= 11 is 0. The van der Waals surface area contributed by atoms with Gasteiger partial charge in [-0.15, -0.1) is 0 Å². The van der Waals surface area contributed by atoms with Gasteiger partial charge in [0.15, 0.2) is 0 Å². The largest absolute Gasteiger partial charge is 0.497 e. The first kappa shape index (κ1) is 18.6. The zero-order valence-electron chi connectivity index (χ0n) is 15.1. The van der Waals surface area contributed by atoms with Crippen LogP contribution in [0.2, 0.25) is 0 Å². The van der Waals surface area contributed by atoms with E-state index in [0.29, 0.717) is 24.4 Å². The summed E-state index contributed by atoms with van der Waals surface area (Å²) in [7, 11) is 3.26. The highest BCUT2D eigenvalue weighted by Crippen LogP contribution is 2.28. The molecule has 1 amide bonds. The Kier molecular flexibility index (Phi) is 7.14. The predicted molar refractivity (Wildman–Crippen MR) is 101 cm³/mol. The third kappa shape index (κ3) is 5.71. The summed E-state index contributed by atoms with van der Waals surface area (Å²) in [6, 6.07) is 13.6. The van der Waals surface area contributed by atoms with Crippen LogP contribution in [-0.2, 0) is 11.3 Å². The van der Waals surface area contributed by atoms with Crippen LogP contribution < -0.4 is 20.1 Å². The van der Waals surface area contributed by atoms with Crippen molar-refractivity contribution in [1.82, 2.24) is 0 Å². The summed E-state index contributed by atoms with van der Waals surface area (Å²) in [5, 5.41) is 6.26. The van der Waals surface area contributed by atoms with Crippen molar-refractivity contribution in [3.63, 3.8) is 0 Å². The van der Waals surface area contributed by atoms with Gasteiger partial charge in [0.05, 0.1) is 19.9 Å². The van der Waals surface area contributed by atoms with Crippen LogP contribution in [0.4, 0.5) is 11.4 Å². The molecule has 134 valence electrons. The summed E-state index contributed by atoms with van der Waals surface area (Å²) in [6.45, 7) is 2.74. The molecular weight excluding hydrogens is 316 g/mol. The third-order valence-electron chi connectivity index (χ3n) is 3.86. The fourth-order valence-corrected chi connectivity index (χ4v) is 2.44. The molecule has 0 saturated heterocycles. The van der Waals surface area contributed by atoms with Gasteiger partial charge in [0, 0.05) is 24.7 Å². The van der Waals surface area contributed by atoms with Crippen LogP contribution in [-0.4, -0.2) is 20.1 Å². The molecule has 0 aliphatic carbocycles. The maximum absolute atomic E-state index is 11.9. The molecule has 2 rings (SSSR count). The van der Waals surface area contributed by atoms with Crippen molar-refractivity contribution in [2.24, 2.45) is 0 Å². The highest BCUT2D eigenvalue weighted by molar-refractivity contribution is 5.92. The minimum absolute atomic E-state index is 0.0113. The average Bonchev–Trinajstić information content (AvgIpc) is 2.65. The number of unbranched alkanes of at least 4 members (excludes halogenated alkanes) is 1. The van der Waals surface area contributed by atoms with Crippen LogP contribution in [0, 0.1) is 0 Å². The highest BCUT2D eigenvalue weighted by atomic mass is 16.5. The summed E-state index contributed by atoms with van der Waals surface area (Å²) in [5.74, 6) is 1.49. The molecule has 0 aliphatic rings. The summed E-state index contributed by atoms with van der Waals surface area (Å²) in [6.07, 6.45) is 2.40. The number of amides is 1. The van der Waals surface area contributed by atoms with E-state index in [-0.39, 0.29) is 5.91 Å². The monoisotopic (exact) mass is 342 g/mol. The zero-order chi connectivity index (χ0) is 18.1. The molecule has 5 heteroatoms. The van der Waals surface area contributed by atoms with Crippen molar-refractivity contribution in [3.8, 4) is 11.5 Å². The Balaban J connectivity index is 2.01. The molecule has 0 aromatic heterocycles. The molecule has 0 fully saturated rings. The Morgan fingerprint density at radius 3 is 2.64 bits per heavy atom. The first-order valence-electron chi connectivity index (χ1n) is 8.51. The number of hydrogen-bond acceptors (Lipinski definition) is 4. The van der Waals surface area contributed by atoms with E-state index < -0.39 is 0 Å². The Morgan fingerprint density at radius 2 is 1.92 bits per heavy atom. The molecule has 2 aromatic rings. The number of nitrogens with one attached hydrogen (secondary N) is 2. The number of carbonyl (C=O) groups excluding carboxylic acids is 1. The minimum Gasteiger partial charge on any atom is -0.497 e. The van der Waals surface area contributed by atoms with E-state index in [4.69, 9.17) is 9.47 Å². The number of hydrogen-bond donors (Lipinski definition) is 2. The van der Waals surface area contributed by atoms with Gasteiger partial charge in [-0.25, -0.2) is 0 Å². The van der Waals surface area contributed by atoms with E-state index in [9.17, 15) is 4.79 Å². The number of ether oxygens (including phenoxy) is 2. The van der Waals surface area contributed by atoms with Crippen LogP contribution in [0.15, 0.2) is 42.5 Å². The first-order chi connectivity index (χ1) is 12.2. The molecule has 0 saturated carbocycles. The van der Waals surface area contributed by atoms with Crippen LogP contribution in [0.3, 0.4) is 0 Å². The van der Waals surface area contributed by atoms with Gasteiger partial charge in [-0.1, -0.05) is 25.5 Å². The molecule has 25 heavy (non-hydrogen) atoms. The Hall–Kier alpha value is -2.69. The van der Waals surface area contributed by atoms with E-state index in [2.05, 4.69) is 17.6 Å². The van der Waals surface area contributed by atoms with E-state index in [1.54, 1.807) is 14.2 Å². The lowest BCUT2D eigenvalue weighted by Crippen LogP contribution is -2.12. The minimum atomic E-state index is 0.0113. The fraction of sp³-hybridized carbons (Fsp3) is 0.350. The van der Waals surface area contributed by atoms with Gasteiger partial charge < -0.3 is 20.1 Å². The van der Waals surface area contributed by atoms with Crippen molar-refractivity contribution >= 4 is 17.3 Å². The van der Waals surface area contributed by atoms with Crippen LogP contribution in [0.5, 0.6) is 11.5 Å². The maximum Gasteiger partial charge on any atom is 0.224 e. The van der Waals surface area contributed by atoms with Crippen molar-refractivity contribution in [2.75, 3.05) is 24.9 Å². The summed E-state index contributed by atoms with van der Waals surface area (Å²) in [4.78, 5) is 11.9. The first-order valence-corrected chi connectivity index (χ1v) is 8.51. The molecular formula is C20H26N2O3. The molecule has 0 aliphatic heterocycles. The van der Waals surface area contributed by atoms with Gasteiger partial charge in [-0.05, 0) is 36.2 Å². The summed E-state index contributed by atoms with van der Waals surface area (Å²) in [5.41, 5.74) is 2.73. The molecule has 2 N–H and O–H groups in total. The van der Waals surface area contributed by atoms with Crippen molar-refractivity contribution in [3.05, 3.63) is 48.0 Å². The lowest BCUT2D eigenvalue weighted by atomic mass is 10.2. The maximum atomic E-state index is 11.9. The lowest BCUT2D eigenvalue weighted by Gasteiger charge is -2.13. The Labute approximate surface area is 149 Å². The fourth-order valence-electron chi connectivity index (χ4n) is 2.44. The Morgan fingerprint density at radius 1 is 1.08 bits per heavy atom. The van der Waals surface area contributed by atoms with E-state index in [1.807, 2.05) is 42.5 Å². The van der Waals surface area contributed by atoms with E-state index in [1.165, 1.54) is 0 Å². The van der Waals surface area contributed by atoms with Gasteiger partial charge in [0.25, 0.3) is 0 Å². The second-order valence-corrected chi connectivity index (χ2v) is 5.77. The second kappa shape index (κ2) is 9.57. The standard InChI is InChI=1S/C20H26N2O3/c1-4-5-9-20(23)22-18-11-10-16(13-19(18)25-3)21-14-15-7-6-8-17(12-15)24-2/h6-8,10-13,21H,4-5,9,14H2,1-3H3,(H,22,23). The molecule has 2 aromatic carbocycles. The van der Waals surface area contributed by atoms with Crippen LogP contribution >= 0.6 is 0 Å². The van der Waals surface area contributed by atoms with Crippen LogP contribution in [0.1, 0.15) is 31.7 Å². The van der Waals surface area contributed by atoms with E-state index in [0.717, 1.165) is 29.8 Å². The summed E-state index contributed by atoms with van der Waals surface area (Å²) < 4.78 is 10.6. The van der Waals surface area contributed by atoms with Gasteiger partial charge in [-0.3, -0.25) is 4.79 Å². The Bertz CT molecular complexity index is 701. The van der Waals surface area contributed by atoms with Crippen molar-refractivity contribution in [2.45, 2.75) is 32.7 Å².